The predicted octanol–water partition coefficient (Wildman–Crippen LogP) is 2.97. The monoisotopic (exact) mass is 393 g/mol. The molecule has 1 heterocycles. The first-order valence-corrected chi connectivity index (χ1v) is 10.1. The molecular formula is C21H32FN3O3. The van der Waals surface area contributed by atoms with Gasteiger partial charge in [0.25, 0.3) is 0 Å². The fourth-order valence-corrected chi connectivity index (χ4v) is 3.68. The molecule has 2 amide bonds. The van der Waals surface area contributed by atoms with Crippen LogP contribution in [0, 0.1) is 11.7 Å². The molecule has 156 valence electrons. The summed E-state index contributed by atoms with van der Waals surface area (Å²) in [4.78, 5) is 27.5. The number of urea groups is 1. The number of rotatable bonds is 8. The lowest BCUT2D eigenvalue weighted by Gasteiger charge is -2.38. The molecule has 0 saturated carbocycles. The maximum atomic E-state index is 13.1. The number of carbonyl (C=O) groups is 2. The van der Waals surface area contributed by atoms with Gasteiger partial charge in [0, 0.05) is 25.2 Å². The van der Waals surface area contributed by atoms with Gasteiger partial charge in [0.05, 0.1) is 6.54 Å². The Morgan fingerprint density at radius 2 is 1.86 bits per heavy atom. The van der Waals surface area contributed by atoms with Gasteiger partial charge in [-0.05, 0) is 49.4 Å². The lowest BCUT2D eigenvalue weighted by atomic mass is 9.96. The summed E-state index contributed by atoms with van der Waals surface area (Å²) >= 11 is 0. The van der Waals surface area contributed by atoms with Crippen LogP contribution in [0.25, 0.3) is 0 Å². The van der Waals surface area contributed by atoms with E-state index in [-0.39, 0.29) is 36.4 Å². The average Bonchev–Trinajstić information content (AvgIpc) is 2.67. The number of hydrogen-bond donors (Lipinski definition) is 2. The fourth-order valence-electron chi connectivity index (χ4n) is 3.68. The van der Waals surface area contributed by atoms with Crippen LogP contribution in [-0.4, -0.2) is 65.2 Å². The summed E-state index contributed by atoms with van der Waals surface area (Å²) in [5.74, 6) is -0.832. The first-order chi connectivity index (χ1) is 13.3. The number of carboxylic acid groups (broad SMARTS) is 1. The van der Waals surface area contributed by atoms with Gasteiger partial charge >= 0.3 is 12.0 Å². The van der Waals surface area contributed by atoms with Crippen LogP contribution in [0.15, 0.2) is 24.3 Å². The van der Waals surface area contributed by atoms with Crippen molar-refractivity contribution in [1.29, 1.82) is 0 Å². The Kier molecular flexibility index (Phi) is 8.23. The Labute approximate surface area is 166 Å². The summed E-state index contributed by atoms with van der Waals surface area (Å²) in [7, 11) is 0. The molecule has 0 aliphatic carbocycles. The lowest BCUT2D eigenvalue weighted by molar-refractivity contribution is -0.139. The number of piperidine rings is 1. The molecule has 1 unspecified atom stereocenters. The molecular weight excluding hydrogens is 361 g/mol. The SMILES string of the molecule is CCN(CC(=O)O)C1CCN(C(=O)NC(Cc2ccc(F)cc2)C(C)C)CC1. The van der Waals surface area contributed by atoms with Gasteiger partial charge in [-0.2, -0.15) is 0 Å². The molecule has 0 aromatic heterocycles. The number of halogens is 1. The number of hydrogen-bond acceptors (Lipinski definition) is 3. The van der Waals surface area contributed by atoms with Crippen molar-refractivity contribution in [3.63, 3.8) is 0 Å². The Morgan fingerprint density at radius 1 is 1.25 bits per heavy atom. The van der Waals surface area contributed by atoms with E-state index in [0.717, 1.165) is 18.4 Å². The highest BCUT2D eigenvalue weighted by Crippen LogP contribution is 2.18. The highest BCUT2D eigenvalue weighted by Gasteiger charge is 2.28. The first kappa shape index (κ1) is 22.1. The minimum atomic E-state index is -0.817. The van der Waals surface area contributed by atoms with Crippen LogP contribution in [0.3, 0.4) is 0 Å². The van der Waals surface area contributed by atoms with Crippen LogP contribution >= 0.6 is 0 Å². The van der Waals surface area contributed by atoms with Crippen LogP contribution < -0.4 is 5.32 Å². The van der Waals surface area contributed by atoms with Crippen LogP contribution in [0.1, 0.15) is 39.2 Å². The maximum Gasteiger partial charge on any atom is 0.317 e. The van der Waals surface area contributed by atoms with E-state index in [2.05, 4.69) is 19.2 Å². The zero-order valence-corrected chi connectivity index (χ0v) is 17.0. The highest BCUT2D eigenvalue weighted by molar-refractivity contribution is 5.74. The van der Waals surface area contributed by atoms with Crippen molar-refractivity contribution in [2.45, 2.75) is 52.1 Å². The van der Waals surface area contributed by atoms with E-state index in [1.165, 1.54) is 12.1 Å². The smallest absolute Gasteiger partial charge is 0.317 e. The summed E-state index contributed by atoms with van der Waals surface area (Å²) in [6.07, 6.45) is 2.21. The summed E-state index contributed by atoms with van der Waals surface area (Å²) in [5, 5.41) is 12.2. The number of nitrogens with one attached hydrogen (secondary N) is 1. The van der Waals surface area contributed by atoms with E-state index >= 15 is 0 Å². The third-order valence-corrected chi connectivity index (χ3v) is 5.50. The second-order valence-corrected chi connectivity index (χ2v) is 7.81. The van der Waals surface area contributed by atoms with Gasteiger partial charge in [-0.15, -0.1) is 0 Å². The summed E-state index contributed by atoms with van der Waals surface area (Å²) in [6.45, 7) is 8.06. The van der Waals surface area contributed by atoms with Gasteiger partial charge in [-0.1, -0.05) is 32.9 Å². The van der Waals surface area contributed by atoms with E-state index in [4.69, 9.17) is 5.11 Å². The molecule has 1 atom stereocenters. The zero-order chi connectivity index (χ0) is 20.7. The van der Waals surface area contributed by atoms with Gasteiger partial charge in [-0.25, -0.2) is 9.18 Å². The molecule has 1 aromatic rings. The molecule has 7 heteroatoms. The quantitative estimate of drug-likeness (QED) is 0.712. The Hall–Kier alpha value is -2.15. The average molecular weight is 394 g/mol. The maximum absolute atomic E-state index is 13.1. The number of likely N-dealkylation sites (N-methyl/N-ethyl adjacent to an activating group) is 1. The summed E-state index contributed by atoms with van der Waals surface area (Å²) in [5.41, 5.74) is 0.992. The third-order valence-electron chi connectivity index (χ3n) is 5.50. The minimum absolute atomic E-state index is 0.0326. The molecule has 0 spiro atoms. The molecule has 0 bridgehead atoms. The van der Waals surface area contributed by atoms with E-state index < -0.39 is 5.97 Å². The van der Waals surface area contributed by atoms with E-state index in [1.54, 1.807) is 12.1 Å². The molecule has 1 aliphatic rings. The van der Waals surface area contributed by atoms with Crippen molar-refractivity contribution in [2.75, 3.05) is 26.2 Å². The van der Waals surface area contributed by atoms with Crippen LogP contribution in [0.4, 0.5) is 9.18 Å². The Morgan fingerprint density at radius 3 is 2.36 bits per heavy atom. The van der Waals surface area contributed by atoms with Gasteiger partial charge in [0.2, 0.25) is 0 Å². The zero-order valence-electron chi connectivity index (χ0n) is 17.0. The van der Waals surface area contributed by atoms with Gasteiger partial charge in [0.15, 0.2) is 0 Å². The normalized spacial score (nSPS) is 16.4. The van der Waals surface area contributed by atoms with Crippen molar-refractivity contribution in [1.82, 2.24) is 15.1 Å². The number of likely N-dealkylation sites (tertiary alicyclic amines) is 1. The lowest BCUT2D eigenvalue weighted by Crippen LogP contribution is -2.53. The molecule has 6 nitrogen and oxygen atoms in total. The summed E-state index contributed by atoms with van der Waals surface area (Å²) in [6, 6.07) is 6.47. The Bertz CT molecular complexity index is 643. The number of benzene rings is 1. The molecule has 28 heavy (non-hydrogen) atoms. The summed E-state index contributed by atoms with van der Waals surface area (Å²) < 4.78 is 13.1. The number of nitrogens with zero attached hydrogens (tertiary/aromatic N) is 2. The van der Waals surface area contributed by atoms with E-state index in [1.807, 2.05) is 16.7 Å². The van der Waals surface area contributed by atoms with E-state index in [0.29, 0.717) is 26.1 Å². The second-order valence-electron chi connectivity index (χ2n) is 7.81. The van der Waals surface area contributed by atoms with Crippen LogP contribution in [0.2, 0.25) is 0 Å². The van der Waals surface area contributed by atoms with Crippen molar-refractivity contribution in [2.24, 2.45) is 5.92 Å². The van der Waals surface area contributed by atoms with Crippen molar-refractivity contribution in [3.8, 4) is 0 Å². The topological polar surface area (TPSA) is 72.9 Å². The second kappa shape index (κ2) is 10.4. The van der Waals surface area contributed by atoms with Crippen molar-refractivity contribution in [3.05, 3.63) is 35.6 Å². The van der Waals surface area contributed by atoms with Gasteiger partial charge < -0.3 is 15.3 Å². The van der Waals surface area contributed by atoms with E-state index in [9.17, 15) is 14.0 Å². The molecule has 1 aromatic carbocycles. The van der Waals surface area contributed by atoms with Gasteiger partial charge in [0.1, 0.15) is 5.82 Å². The number of aliphatic carboxylic acids is 1. The number of carboxylic acids is 1. The van der Waals surface area contributed by atoms with Crippen LogP contribution in [0.5, 0.6) is 0 Å². The minimum Gasteiger partial charge on any atom is -0.480 e. The molecule has 0 radical (unpaired) electrons. The Balaban J connectivity index is 1.88. The number of amides is 2. The number of carbonyl (C=O) groups excluding carboxylic acids is 1. The molecule has 1 saturated heterocycles. The first-order valence-electron chi connectivity index (χ1n) is 10.1. The van der Waals surface area contributed by atoms with Gasteiger partial charge in [-0.3, -0.25) is 9.69 Å². The predicted molar refractivity (Wildman–Crippen MR) is 107 cm³/mol. The van der Waals surface area contributed by atoms with Crippen molar-refractivity contribution >= 4 is 12.0 Å². The standard InChI is InChI=1S/C21H32FN3O3/c1-4-24(14-20(26)27)18-9-11-25(12-10-18)21(28)23-19(15(2)3)13-16-5-7-17(22)8-6-16/h5-8,15,18-19H,4,9-14H2,1-3H3,(H,23,28)(H,26,27). The fraction of sp³-hybridized carbons (Fsp3) is 0.619. The van der Waals surface area contributed by atoms with Crippen LogP contribution in [-0.2, 0) is 11.2 Å². The third kappa shape index (κ3) is 6.48. The molecule has 1 fully saturated rings. The molecule has 2 rings (SSSR count). The highest BCUT2D eigenvalue weighted by atomic mass is 19.1. The van der Waals surface area contributed by atoms with Crippen molar-refractivity contribution < 1.29 is 19.1 Å². The molecule has 1 aliphatic heterocycles. The molecule has 2 N–H and O–H groups in total. The largest absolute Gasteiger partial charge is 0.480 e.